The molecule has 3 fully saturated rings. The van der Waals surface area contributed by atoms with Gasteiger partial charge in [-0.2, -0.15) is 0 Å². The van der Waals surface area contributed by atoms with Gasteiger partial charge in [-0.15, -0.1) is 0 Å². The molecule has 7 heteroatoms. The van der Waals surface area contributed by atoms with Crippen molar-refractivity contribution in [3.05, 3.63) is 23.8 Å². The zero-order valence-corrected chi connectivity index (χ0v) is 19.0. The number of aliphatic hydroxyl groups excluding tert-OH is 2. The van der Waals surface area contributed by atoms with Crippen LogP contribution in [0.1, 0.15) is 59.3 Å². The molecule has 0 radical (unpaired) electrons. The Morgan fingerprint density at radius 1 is 1.28 bits per heavy atom. The Hall–Kier alpha value is -1.83. The standard InChI is InChI=1S/C25H34O7/c1-4-5-21(30)32-20-11-17-16-7-6-14-10-15(27)8-9-23(14,2)22(16)18(28)12-24(17,3)25(20,31)19(29)13-26/h8-10,16-18,20,22,26,28,31H,4-7,11-13H2,1-3H3/t16-,17?,18-,20-,22-,23+,24+,25-/m1/s1. The van der Waals surface area contributed by atoms with Gasteiger partial charge in [0.05, 0.1) is 6.10 Å². The summed E-state index contributed by atoms with van der Waals surface area (Å²) in [6.07, 6.45) is 5.87. The monoisotopic (exact) mass is 446 g/mol. The Morgan fingerprint density at radius 2 is 2.00 bits per heavy atom. The van der Waals surface area contributed by atoms with Gasteiger partial charge in [-0.05, 0) is 56.1 Å². The normalized spacial score (nSPS) is 44.9. The summed E-state index contributed by atoms with van der Waals surface area (Å²) in [4.78, 5) is 37.2. The number of esters is 1. The lowest BCUT2D eigenvalue weighted by Crippen LogP contribution is -2.64. The van der Waals surface area contributed by atoms with E-state index in [4.69, 9.17) is 4.74 Å². The minimum atomic E-state index is -2.06. The van der Waals surface area contributed by atoms with Crippen LogP contribution in [0.5, 0.6) is 0 Å². The van der Waals surface area contributed by atoms with Crippen LogP contribution >= 0.6 is 0 Å². The molecule has 0 aliphatic heterocycles. The number of hydrogen-bond acceptors (Lipinski definition) is 7. The number of carbonyl (C=O) groups is 3. The van der Waals surface area contributed by atoms with Crippen molar-refractivity contribution in [2.45, 2.75) is 77.1 Å². The molecule has 3 N–H and O–H groups in total. The van der Waals surface area contributed by atoms with Gasteiger partial charge in [-0.3, -0.25) is 14.4 Å². The zero-order valence-electron chi connectivity index (χ0n) is 19.0. The summed E-state index contributed by atoms with van der Waals surface area (Å²) in [6, 6.07) is 0. The highest BCUT2D eigenvalue weighted by Crippen LogP contribution is 2.67. The Bertz CT molecular complexity index is 891. The Labute approximate surface area is 188 Å². The highest BCUT2D eigenvalue weighted by atomic mass is 16.6. The zero-order chi connectivity index (χ0) is 23.5. The summed E-state index contributed by atoms with van der Waals surface area (Å²) in [5.74, 6) is -1.68. The number of carbonyl (C=O) groups excluding carboxylic acids is 3. The lowest BCUT2D eigenvalue weighted by Gasteiger charge is -2.59. The lowest BCUT2D eigenvalue weighted by molar-refractivity contribution is -0.197. The van der Waals surface area contributed by atoms with Crippen molar-refractivity contribution in [1.82, 2.24) is 0 Å². The Kier molecular flexibility index (Phi) is 5.75. The maximum atomic E-state index is 12.9. The van der Waals surface area contributed by atoms with Crippen LogP contribution in [-0.4, -0.2) is 57.3 Å². The second-order valence-corrected chi connectivity index (χ2v) is 10.5. The molecule has 176 valence electrons. The first kappa shape index (κ1) is 23.3. The number of Topliss-reactive ketones (excluding diaryl/α,β-unsaturated/α-hetero) is 1. The summed E-state index contributed by atoms with van der Waals surface area (Å²) in [5, 5.41) is 32.8. The predicted octanol–water partition coefficient (Wildman–Crippen LogP) is 1.88. The fraction of sp³-hybridized carbons (Fsp3) is 0.720. The van der Waals surface area contributed by atoms with E-state index in [9.17, 15) is 29.7 Å². The Balaban J connectivity index is 1.75. The van der Waals surface area contributed by atoms with E-state index >= 15 is 0 Å². The third kappa shape index (κ3) is 3.08. The quantitative estimate of drug-likeness (QED) is 0.551. The number of hydrogen-bond donors (Lipinski definition) is 3. The first-order chi connectivity index (χ1) is 15.0. The van der Waals surface area contributed by atoms with Gasteiger partial charge < -0.3 is 20.1 Å². The molecule has 4 aliphatic rings. The van der Waals surface area contributed by atoms with Gasteiger partial charge >= 0.3 is 5.97 Å². The van der Waals surface area contributed by atoms with Gasteiger partial charge in [0, 0.05) is 23.2 Å². The van der Waals surface area contributed by atoms with E-state index in [2.05, 4.69) is 0 Å². The fourth-order valence-electron chi connectivity index (χ4n) is 7.49. The number of rotatable bonds is 5. The number of ether oxygens (including phenoxy) is 1. The van der Waals surface area contributed by atoms with Crippen LogP contribution in [0.4, 0.5) is 0 Å². The summed E-state index contributed by atoms with van der Waals surface area (Å²) in [6.45, 7) is 4.81. The minimum absolute atomic E-state index is 0.0309. The van der Waals surface area contributed by atoms with Crippen LogP contribution < -0.4 is 0 Å². The predicted molar refractivity (Wildman–Crippen MR) is 115 cm³/mol. The number of allylic oxidation sites excluding steroid dienone is 4. The van der Waals surface area contributed by atoms with Gasteiger partial charge in [-0.1, -0.05) is 32.4 Å². The van der Waals surface area contributed by atoms with Gasteiger partial charge in [0.2, 0.25) is 0 Å². The van der Waals surface area contributed by atoms with E-state index in [1.165, 1.54) is 0 Å². The molecule has 0 bridgehead atoms. The van der Waals surface area contributed by atoms with Gasteiger partial charge in [-0.25, -0.2) is 0 Å². The van der Waals surface area contributed by atoms with Crippen LogP contribution in [0.3, 0.4) is 0 Å². The third-order valence-electron chi connectivity index (χ3n) is 8.99. The van der Waals surface area contributed by atoms with Crippen molar-refractivity contribution in [2.24, 2.45) is 28.6 Å². The first-order valence-electron chi connectivity index (χ1n) is 11.7. The van der Waals surface area contributed by atoms with Crippen molar-refractivity contribution in [3.8, 4) is 0 Å². The SMILES string of the molecule is CCCC(=O)O[C@@H]1CC2[C@H]3CCC4=CC(=O)C=C[C@]4(C)[C@H]3[C@H](O)C[C@]2(C)[C@@]1(O)C(=O)CO. The number of fused-ring (bicyclic) bond motifs is 5. The van der Waals surface area contributed by atoms with E-state index in [-0.39, 0.29) is 36.4 Å². The molecule has 4 aliphatic carbocycles. The number of ketones is 2. The molecule has 8 atom stereocenters. The van der Waals surface area contributed by atoms with E-state index in [1.54, 1.807) is 19.1 Å². The molecular formula is C25H34O7. The van der Waals surface area contributed by atoms with Crippen molar-refractivity contribution in [3.63, 3.8) is 0 Å². The summed E-state index contributed by atoms with van der Waals surface area (Å²) in [5.41, 5.74) is -2.57. The van der Waals surface area contributed by atoms with Gasteiger partial charge in [0.1, 0.15) is 12.7 Å². The molecule has 0 saturated heterocycles. The molecule has 32 heavy (non-hydrogen) atoms. The van der Waals surface area contributed by atoms with E-state index in [0.717, 1.165) is 5.57 Å². The average Bonchev–Trinajstić information content (AvgIpc) is 2.95. The molecule has 1 unspecified atom stereocenters. The molecular weight excluding hydrogens is 412 g/mol. The van der Waals surface area contributed by atoms with Crippen LogP contribution in [0.25, 0.3) is 0 Å². The second-order valence-electron chi connectivity index (χ2n) is 10.5. The number of aliphatic hydroxyl groups is 3. The summed E-state index contributed by atoms with van der Waals surface area (Å²) < 4.78 is 5.64. The summed E-state index contributed by atoms with van der Waals surface area (Å²) in [7, 11) is 0. The maximum absolute atomic E-state index is 12.9. The van der Waals surface area contributed by atoms with Crippen LogP contribution in [0.15, 0.2) is 23.8 Å². The summed E-state index contributed by atoms with van der Waals surface area (Å²) >= 11 is 0. The minimum Gasteiger partial charge on any atom is -0.459 e. The molecule has 0 aromatic heterocycles. The molecule has 7 nitrogen and oxygen atoms in total. The van der Waals surface area contributed by atoms with Crippen molar-refractivity contribution in [1.29, 1.82) is 0 Å². The first-order valence-corrected chi connectivity index (χ1v) is 11.7. The molecule has 0 spiro atoms. The largest absolute Gasteiger partial charge is 0.459 e. The van der Waals surface area contributed by atoms with Crippen molar-refractivity contribution in [2.75, 3.05) is 6.61 Å². The van der Waals surface area contributed by atoms with Gasteiger partial charge in [0.15, 0.2) is 17.2 Å². The van der Waals surface area contributed by atoms with E-state index in [1.807, 2.05) is 19.9 Å². The topological polar surface area (TPSA) is 121 Å². The highest BCUT2D eigenvalue weighted by Gasteiger charge is 2.72. The van der Waals surface area contributed by atoms with Crippen LogP contribution in [-0.2, 0) is 19.1 Å². The average molecular weight is 447 g/mol. The van der Waals surface area contributed by atoms with Crippen molar-refractivity contribution >= 4 is 17.5 Å². The fourth-order valence-corrected chi connectivity index (χ4v) is 7.49. The molecule has 0 aromatic rings. The van der Waals surface area contributed by atoms with E-state index < -0.39 is 47.0 Å². The molecule has 4 rings (SSSR count). The van der Waals surface area contributed by atoms with Gasteiger partial charge in [0.25, 0.3) is 0 Å². The van der Waals surface area contributed by atoms with Crippen LogP contribution in [0, 0.1) is 28.6 Å². The maximum Gasteiger partial charge on any atom is 0.306 e. The second kappa shape index (κ2) is 7.89. The highest BCUT2D eigenvalue weighted by molar-refractivity contribution is 6.01. The molecule has 0 aromatic carbocycles. The van der Waals surface area contributed by atoms with Crippen LogP contribution in [0.2, 0.25) is 0 Å². The molecule has 0 amide bonds. The Morgan fingerprint density at radius 3 is 2.66 bits per heavy atom. The van der Waals surface area contributed by atoms with Crippen molar-refractivity contribution < 1.29 is 34.4 Å². The van der Waals surface area contributed by atoms with E-state index in [0.29, 0.717) is 25.7 Å². The smallest absolute Gasteiger partial charge is 0.306 e. The third-order valence-corrected chi connectivity index (χ3v) is 8.99. The lowest BCUT2D eigenvalue weighted by atomic mass is 9.46. The molecule has 0 heterocycles. The molecule has 3 saturated carbocycles.